The first-order valence-corrected chi connectivity index (χ1v) is 8.45. The Kier molecular flexibility index (Phi) is 4.93. The molecule has 5 nitrogen and oxygen atoms in total. The Morgan fingerprint density at radius 2 is 2.04 bits per heavy atom. The normalized spacial score (nSPS) is 12.6. The number of amides is 1. The van der Waals surface area contributed by atoms with Crippen molar-refractivity contribution in [1.82, 2.24) is 15.0 Å². The highest BCUT2D eigenvalue weighted by Crippen LogP contribution is 2.18. The highest BCUT2D eigenvalue weighted by atomic mass is 16.2. The topological polar surface area (TPSA) is 59.3 Å². The molecule has 0 aliphatic rings. The van der Waals surface area contributed by atoms with Gasteiger partial charge in [-0.15, -0.1) is 0 Å². The van der Waals surface area contributed by atoms with E-state index in [0.717, 1.165) is 29.0 Å². The molecular formula is C20H22N4O. The van der Waals surface area contributed by atoms with E-state index in [0.29, 0.717) is 5.56 Å². The van der Waals surface area contributed by atoms with Crippen LogP contribution in [0.5, 0.6) is 0 Å². The van der Waals surface area contributed by atoms with Crippen LogP contribution in [0.3, 0.4) is 0 Å². The molecule has 3 aromatic rings. The average Bonchev–Trinajstić information content (AvgIpc) is 2.96. The molecular weight excluding hydrogens is 312 g/mol. The summed E-state index contributed by atoms with van der Waals surface area (Å²) >= 11 is 0. The maximum atomic E-state index is 12.3. The molecule has 0 radical (unpaired) electrons. The van der Waals surface area contributed by atoms with Crippen LogP contribution in [0.1, 0.15) is 41.5 Å². The van der Waals surface area contributed by atoms with Crippen molar-refractivity contribution in [1.29, 1.82) is 0 Å². The number of aryl methyl sites for hydroxylation is 2. The van der Waals surface area contributed by atoms with Gasteiger partial charge in [-0.3, -0.25) is 4.79 Å². The van der Waals surface area contributed by atoms with Gasteiger partial charge >= 0.3 is 0 Å². The summed E-state index contributed by atoms with van der Waals surface area (Å²) in [5.74, 6) is 0.846. The van der Waals surface area contributed by atoms with Gasteiger partial charge in [0.25, 0.3) is 5.91 Å². The molecule has 1 atom stereocenters. The van der Waals surface area contributed by atoms with Gasteiger partial charge in [0.1, 0.15) is 5.82 Å². The number of rotatable bonds is 5. The first-order chi connectivity index (χ1) is 12.1. The van der Waals surface area contributed by atoms with E-state index in [4.69, 9.17) is 0 Å². The largest absolute Gasteiger partial charge is 0.329 e. The van der Waals surface area contributed by atoms with Crippen LogP contribution in [-0.4, -0.2) is 21.7 Å². The van der Waals surface area contributed by atoms with Crippen molar-refractivity contribution in [2.75, 3.05) is 0 Å². The third-order valence-electron chi connectivity index (χ3n) is 4.31. The Hall–Kier alpha value is -2.95. The molecule has 3 rings (SSSR count). The number of nitrogens with zero attached hydrogens (tertiary/aromatic N) is 3. The Morgan fingerprint density at radius 3 is 2.76 bits per heavy atom. The van der Waals surface area contributed by atoms with Gasteiger partial charge in [-0.05, 0) is 37.6 Å². The molecule has 5 heteroatoms. The smallest absolute Gasteiger partial charge is 0.271 e. The van der Waals surface area contributed by atoms with Gasteiger partial charge in [-0.1, -0.05) is 37.3 Å². The lowest BCUT2D eigenvalue weighted by Gasteiger charge is -2.06. The van der Waals surface area contributed by atoms with E-state index in [1.54, 1.807) is 18.3 Å². The van der Waals surface area contributed by atoms with Crippen LogP contribution in [0.15, 0.2) is 53.6 Å². The van der Waals surface area contributed by atoms with Gasteiger partial charge in [0.2, 0.25) is 0 Å². The third kappa shape index (κ3) is 3.60. The SMILES string of the molecule is CCn1c(C)nc2cc(C(=O)N/N=C\[C@H](C)c3ccccc3)ccc21. The van der Waals surface area contributed by atoms with Crippen molar-refractivity contribution in [3.63, 3.8) is 0 Å². The van der Waals surface area contributed by atoms with Gasteiger partial charge in [0.15, 0.2) is 0 Å². The number of nitrogens with one attached hydrogen (secondary N) is 1. The lowest BCUT2D eigenvalue weighted by atomic mass is 10.0. The summed E-state index contributed by atoms with van der Waals surface area (Å²) in [7, 11) is 0. The van der Waals surface area contributed by atoms with Crippen molar-refractivity contribution < 1.29 is 4.79 Å². The summed E-state index contributed by atoms with van der Waals surface area (Å²) in [6.45, 7) is 6.95. The van der Waals surface area contributed by atoms with Gasteiger partial charge < -0.3 is 4.57 Å². The fourth-order valence-electron chi connectivity index (χ4n) is 2.91. The van der Waals surface area contributed by atoms with Crippen LogP contribution in [0.25, 0.3) is 11.0 Å². The summed E-state index contributed by atoms with van der Waals surface area (Å²) in [6.07, 6.45) is 1.74. The number of aromatic nitrogens is 2. The monoisotopic (exact) mass is 334 g/mol. The molecule has 25 heavy (non-hydrogen) atoms. The zero-order valence-electron chi connectivity index (χ0n) is 14.7. The van der Waals surface area contributed by atoms with Gasteiger partial charge in [0.05, 0.1) is 11.0 Å². The highest BCUT2D eigenvalue weighted by molar-refractivity contribution is 5.97. The van der Waals surface area contributed by atoms with E-state index in [2.05, 4.69) is 27.0 Å². The second-order valence-electron chi connectivity index (χ2n) is 6.03. The van der Waals surface area contributed by atoms with E-state index in [1.807, 2.05) is 50.2 Å². The minimum atomic E-state index is -0.234. The van der Waals surface area contributed by atoms with Crippen molar-refractivity contribution in [3.8, 4) is 0 Å². The van der Waals surface area contributed by atoms with Gasteiger partial charge in [-0.25, -0.2) is 10.4 Å². The first-order valence-electron chi connectivity index (χ1n) is 8.45. The number of fused-ring (bicyclic) bond motifs is 1. The molecule has 0 aliphatic heterocycles. The molecule has 2 aromatic carbocycles. The van der Waals surface area contributed by atoms with Crippen LogP contribution in [0.2, 0.25) is 0 Å². The number of benzene rings is 2. The van der Waals surface area contributed by atoms with E-state index in [1.165, 1.54) is 0 Å². The standard InChI is InChI=1S/C20H22N4O/c1-4-24-15(3)22-18-12-17(10-11-19(18)24)20(25)23-21-13-14(2)16-8-6-5-7-9-16/h5-14H,4H2,1-3H3,(H,23,25)/b21-13-/t14-/m0/s1. The van der Waals surface area contributed by atoms with Crippen molar-refractivity contribution in [3.05, 3.63) is 65.5 Å². The molecule has 0 aliphatic carbocycles. The number of imidazole rings is 1. The zero-order chi connectivity index (χ0) is 17.8. The Labute approximate surface area is 147 Å². The Balaban J connectivity index is 1.71. The fraction of sp³-hybridized carbons (Fsp3) is 0.250. The number of hydrazone groups is 1. The van der Waals surface area contributed by atoms with Crippen LogP contribution in [0, 0.1) is 6.92 Å². The predicted molar refractivity (Wildman–Crippen MR) is 101 cm³/mol. The second-order valence-corrected chi connectivity index (χ2v) is 6.03. The number of hydrogen-bond acceptors (Lipinski definition) is 3. The Bertz CT molecular complexity index is 912. The fourth-order valence-corrected chi connectivity index (χ4v) is 2.91. The third-order valence-corrected chi connectivity index (χ3v) is 4.31. The summed E-state index contributed by atoms with van der Waals surface area (Å²) in [5, 5.41) is 4.09. The van der Waals surface area contributed by atoms with Crippen molar-refractivity contribution >= 4 is 23.2 Å². The van der Waals surface area contributed by atoms with Gasteiger partial charge in [-0.2, -0.15) is 5.10 Å². The lowest BCUT2D eigenvalue weighted by molar-refractivity contribution is 0.0955. The number of carbonyl (C=O) groups is 1. The Morgan fingerprint density at radius 1 is 1.28 bits per heavy atom. The molecule has 0 fully saturated rings. The van der Waals surface area contributed by atoms with Crippen LogP contribution < -0.4 is 5.43 Å². The second kappa shape index (κ2) is 7.30. The quantitative estimate of drug-likeness (QED) is 0.568. The van der Waals surface area contributed by atoms with E-state index in [-0.39, 0.29) is 11.8 Å². The van der Waals surface area contributed by atoms with E-state index in [9.17, 15) is 4.79 Å². The number of hydrogen-bond donors (Lipinski definition) is 1. The molecule has 1 N–H and O–H groups in total. The zero-order valence-corrected chi connectivity index (χ0v) is 14.7. The maximum Gasteiger partial charge on any atom is 0.271 e. The van der Waals surface area contributed by atoms with Crippen LogP contribution in [-0.2, 0) is 6.54 Å². The predicted octanol–water partition coefficient (Wildman–Crippen LogP) is 3.88. The summed E-state index contributed by atoms with van der Waals surface area (Å²) in [6, 6.07) is 15.6. The summed E-state index contributed by atoms with van der Waals surface area (Å²) < 4.78 is 2.12. The molecule has 1 amide bonds. The number of carbonyl (C=O) groups excluding carboxylic acids is 1. The average molecular weight is 334 g/mol. The lowest BCUT2D eigenvalue weighted by Crippen LogP contribution is -2.18. The molecule has 0 saturated carbocycles. The molecule has 128 valence electrons. The van der Waals surface area contributed by atoms with Gasteiger partial charge in [0, 0.05) is 24.2 Å². The highest BCUT2D eigenvalue weighted by Gasteiger charge is 2.10. The molecule has 0 spiro atoms. The molecule has 0 unspecified atom stereocenters. The van der Waals surface area contributed by atoms with Crippen LogP contribution in [0.4, 0.5) is 0 Å². The summed E-state index contributed by atoms with van der Waals surface area (Å²) in [4.78, 5) is 16.8. The maximum absolute atomic E-state index is 12.3. The molecule has 0 saturated heterocycles. The minimum Gasteiger partial charge on any atom is -0.329 e. The van der Waals surface area contributed by atoms with Crippen molar-refractivity contribution in [2.24, 2.45) is 5.10 Å². The van der Waals surface area contributed by atoms with Crippen molar-refractivity contribution in [2.45, 2.75) is 33.2 Å². The van der Waals surface area contributed by atoms with E-state index < -0.39 is 0 Å². The van der Waals surface area contributed by atoms with E-state index >= 15 is 0 Å². The minimum absolute atomic E-state index is 0.131. The molecule has 0 bridgehead atoms. The summed E-state index contributed by atoms with van der Waals surface area (Å²) in [5.41, 5.74) is 6.17. The first kappa shape index (κ1) is 16.9. The molecule has 1 aromatic heterocycles. The van der Waals surface area contributed by atoms with Crippen LogP contribution >= 0.6 is 0 Å². The molecule has 1 heterocycles.